The third-order valence-corrected chi connectivity index (χ3v) is 9.36. The second kappa shape index (κ2) is 7.83. The zero-order valence-corrected chi connectivity index (χ0v) is 18.8. The van der Waals surface area contributed by atoms with Gasteiger partial charge in [0.2, 0.25) is 11.8 Å². The number of benzene rings is 1. The van der Waals surface area contributed by atoms with Crippen molar-refractivity contribution in [3.05, 3.63) is 30.3 Å². The third kappa shape index (κ3) is 3.42. The Bertz CT molecular complexity index is 832. The molecule has 0 aromatic heterocycles. The molecule has 2 aliphatic carbocycles. The Morgan fingerprint density at radius 3 is 2.21 bits per heavy atom. The Kier molecular flexibility index (Phi) is 5.54. The number of hydrogen-bond donors (Lipinski definition) is 1. The van der Waals surface area contributed by atoms with Crippen molar-refractivity contribution >= 4 is 61.2 Å². The summed E-state index contributed by atoms with van der Waals surface area (Å²) in [6.45, 7) is 0.979. The molecule has 1 aliphatic heterocycles. The number of fused-ring (bicyclic) bond motifs is 5. The lowest BCUT2D eigenvalue weighted by atomic mass is 9.81. The second-order valence-corrected chi connectivity index (χ2v) is 9.86. The Morgan fingerprint density at radius 2 is 1.66 bits per heavy atom. The van der Waals surface area contributed by atoms with Crippen molar-refractivity contribution in [2.75, 3.05) is 11.9 Å². The first-order chi connectivity index (χ1) is 13.8. The molecule has 3 fully saturated rings. The van der Waals surface area contributed by atoms with Gasteiger partial charge in [-0.2, -0.15) is 0 Å². The van der Waals surface area contributed by atoms with Crippen LogP contribution >= 0.6 is 31.9 Å². The van der Waals surface area contributed by atoms with E-state index in [0.717, 1.165) is 11.3 Å². The standard InChI is InChI=1S/C20H20Br2N2O5/c1-9(20(28)29-8-13(25)23-10-5-3-2-4-6-10)24-18(26)14-11-7-12(15(14)19(24)27)17(22)16(11)21/h2-6,9,11-12,14-17H,7-8H2,1H3,(H,23,25)/t9-,11-,12-,14-,15+,16+,17+/m1/s1. The van der Waals surface area contributed by atoms with E-state index in [-0.39, 0.29) is 45.1 Å². The highest BCUT2D eigenvalue weighted by atomic mass is 79.9. The molecule has 0 spiro atoms. The maximum Gasteiger partial charge on any atom is 0.329 e. The highest BCUT2D eigenvalue weighted by Crippen LogP contribution is 2.60. The molecule has 0 radical (unpaired) electrons. The summed E-state index contributed by atoms with van der Waals surface area (Å²) < 4.78 is 5.06. The van der Waals surface area contributed by atoms with E-state index in [1.807, 2.05) is 6.07 Å². The number of hydrogen-bond acceptors (Lipinski definition) is 5. The molecule has 29 heavy (non-hydrogen) atoms. The Balaban J connectivity index is 1.37. The van der Waals surface area contributed by atoms with Crippen molar-refractivity contribution in [2.24, 2.45) is 23.7 Å². The molecule has 2 bridgehead atoms. The van der Waals surface area contributed by atoms with E-state index in [2.05, 4.69) is 37.2 Å². The van der Waals surface area contributed by atoms with Gasteiger partial charge in [0.05, 0.1) is 11.8 Å². The summed E-state index contributed by atoms with van der Waals surface area (Å²) in [6, 6.07) is 7.72. The van der Waals surface area contributed by atoms with Crippen LogP contribution in [0.1, 0.15) is 13.3 Å². The first-order valence-corrected chi connectivity index (χ1v) is 11.3. The highest BCUT2D eigenvalue weighted by Gasteiger charge is 2.67. The van der Waals surface area contributed by atoms with Crippen molar-refractivity contribution in [3.63, 3.8) is 0 Å². The molecule has 154 valence electrons. The van der Waals surface area contributed by atoms with Gasteiger partial charge in [-0.1, -0.05) is 50.1 Å². The number of nitrogens with one attached hydrogen (secondary N) is 1. The van der Waals surface area contributed by atoms with Crippen LogP contribution in [0.3, 0.4) is 0 Å². The van der Waals surface area contributed by atoms with Gasteiger partial charge in [0, 0.05) is 15.3 Å². The minimum Gasteiger partial charge on any atom is -0.454 e. The predicted molar refractivity (Wildman–Crippen MR) is 111 cm³/mol. The van der Waals surface area contributed by atoms with Crippen molar-refractivity contribution < 1.29 is 23.9 Å². The fraction of sp³-hybridized carbons (Fsp3) is 0.500. The van der Waals surface area contributed by atoms with Gasteiger partial charge in [-0.25, -0.2) is 4.79 Å². The van der Waals surface area contributed by atoms with Crippen LogP contribution in [0.2, 0.25) is 0 Å². The first kappa shape index (κ1) is 20.5. The lowest BCUT2D eigenvalue weighted by Gasteiger charge is -2.28. The molecule has 0 unspecified atom stereocenters. The van der Waals surface area contributed by atoms with Crippen LogP contribution in [0.4, 0.5) is 5.69 Å². The molecular weight excluding hydrogens is 508 g/mol. The summed E-state index contributed by atoms with van der Waals surface area (Å²) in [5.74, 6) is -2.50. The number of amides is 3. The molecule has 3 aliphatic rings. The number of para-hydroxylation sites is 1. The van der Waals surface area contributed by atoms with Gasteiger partial charge in [0.25, 0.3) is 5.91 Å². The summed E-state index contributed by atoms with van der Waals surface area (Å²) in [7, 11) is 0. The van der Waals surface area contributed by atoms with Crippen LogP contribution < -0.4 is 5.32 Å². The summed E-state index contributed by atoms with van der Waals surface area (Å²) in [6.07, 6.45) is 0.824. The van der Waals surface area contributed by atoms with Gasteiger partial charge in [-0.3, -0.25) is 19.3 Å². The Hall–Kier alpha value is -1.74. The molecule has 1 N–H and O–H groups in total. The number of nitrogens with zero attached hydrogens (tertiary/aromatic N) is 1. The molecule has 1 aromatic rings. The molecule has 2 saturated carbocycles. The molecule has 7 nitrogen and oxygen atoms in total. The molecule has 9 heteroatoms. The fourth-order valence-electron chi connectivity index (χ4n) is 4.83. The number of halogens is 2. The average Bonchev–Trinajstić information content (AvgIpc) is 3.31. The van der Waals surface area contributed by atoms with E-state index in [9.17, 15) is 19.2 Å². The molecule has 4 rings (SSSR count). The van der Waals surface area contributed by atoms with E-state index in [4.69, 9.17) is 4.74 Å². The smallest absolute Gasteiger partial charge is 0.329 e. The second-order valence-electron chi connectivity index (χ2n) is 7.75. The molecule has 1 saturated heterocycles. The van der Waals surface area contributed by atoms with Crippen molar-refractivity contribution in [1.29, 1.82) is 0 Å². The van der Waals surface area contributed by atoms with E-state index in [0.29, 0.717) is 5.69 Å². The molecular formula is C20H20Br2N2O5. The molecule has 7 atom stereocenters. The number of ether oxygens (including phenoxy) is 1. The van der Waals surface area contributed by atoms with Gasteiger partial charge >= 0.3 is 5.97 Å². The quantitative estimate of drug-likeness (QED) is 0.360. The van der Waals surface area contributed by atoms with Gasteiger partial charge < -0.3 is 10.1 Å². The number of likely N-dealkylation sites (tertiary alicyclic amines) is 1. The topological polar surface area (TPSA) is 92.8 Å². The fourth-order valence-corrected chi connectivity index (χ4v) is 6.71. The number of carbonyl (C=O) groups excluding carboxylic acids is 4. The van der Waals surface area contributed by atoms with E-state index >= 15 is 0 Å². The number of anilines is 1. The van der Waals surface area contributed by atoms with Gasteiger partial charge in [0.1, 0.15) is 6.04 Å². The van der Waals surface area contributed by atoms with Crippen molar-refractivity contribution in [1.82, 2.24) is 4.90 Å². The van der Waals surface area contributed by atoms with Crippen LogP contribution in [0.25, 0.3) is 0 Å². The van der Waals surface area contributed by atoms with E-state index in [1.165, 1.54) is 6.92 Å². The minimum absolute atomic E-state index is 0.0793. The lowest BCUT2D eigenvalue weighted by molar-refractivity contribution is -0.159. The zero-order valence-electron chi connectivity index (χ0n) is 15.6. The Labute approximate surface area is 184 Å². The largest absolute Gasteiger partial charge is 0.454 e. The van der Waals surface area contributed by atoms with Crippen LogP contribution in [0.15, 0.2) is 30.3 Å². The van der Waals surface area contributed by atoms with E-state index < -0.39 is 24.5 Å². The number of esters is 1. The average molecular weight is 528 g/mol. The van der Waals surface area contributed by atoms with Crippen LogP contribution in [-0.2, 0) is 23.9 Å². The molecule has 1 aromatic carbocycles. The number of imide groups is 1. The van der Waals surface area contributed by atoms with Crippen molar-refractivity contribution in [3.8, 4) is 0 Å². The third-order valence-electron chi connectivity index (χ3n) is 6.15. The number of carbonyl (C=O) groups is 4. The lowest BCUT2D eigenvalue weighted by Crippen LogP contribution is -2.45. The van der Waals surface area contributed by atoms with Crippen LogP contribution in [0, 0.1) is 23.7 Å². The monoisotopic (exact) mass is 526 g/mol. The summed E-state index contributed by atoms with van der Waals surface area (Å²) in [5, 5.41) is 2.61. The minimum atomic E-state index is -1.06. The Morgan fingerprint density at radius 1 is 1.10 bits per heavy atom. The maximum absolute atomic E-state index is 12.9. The highest BCUT2D eigenvalue weighted by molar-refractivity contribution is 9.12. The SMILES string of the molecule is C[C@H](C(=O)OCC(=O)Nc1ccccc1)N1C(=O)[C@@H]2[C@H]3C[C@@H]([C@H](Br)[C@H]3Br)[C@@H]2C1=O. The van der Waals surface area contributed by atoms with Crippen molar-refractivity contribution in [2.45, 2.75) is 29.0 Å². The summed E-state index contributed by atoms with van der Waals surface area (Å²) in [5.41, 5.74) is 0.587. The maximum atomic E-state index is 12.9. The normalized spacial score (nSPS) is 33.6. The first-order valence-electron chi connectivity index (χ1n) is 9.48. The van der Waals surface area contributed by atoms with Gasteiger partial charge in [-0.15, -0.1) is 0 Å². The van der Waals surface area contributed by atoms with Gasteiger partial charge in [-0.05, 0) is 37.3 Å². The predicted octanol–water partition coefficient (Wildman–Crippen LogP) is 2.33. The van der Waals surface area contributed by atoms with E-state index in [1.54, 1.807) is 24.3 Å². The molecule has 3 amide bonds. The number of alkyl halides is 2. The van der Waals surface area contributed by atoms with Crippen LogP contribution in [0.5, 0.6) is 0 Å². The summed E-state index contributed by atoms with van der Waals surface area (Å²) in [4.78, 5) is 51.6. The molecule has 1 heterocycles. The zero-order chi connectivity index (χ0) is 20.9. The van der Waals surface area contributed by atoms with Gasteiger partial charge in [0.15, 0.2) is 6.61 Å². The van der Waals surface area contributed by atoms with Crippen LogP contribution in [-0.4, -0.2) is 50.9 Å². The number of rotatable bonds is 5. The summed E-state index contributed by atoms with van der Waals surface area (Å²) >= 11 is 7.27.